The van der Waals surface area contributed by atoms with Crippen LogP contribution in [0.5, 0.6) is 0 Å². The van der Waals surface area contributed by atoms with Crippen molar-refractivity contribution in [2.75, 3.05) is 33.3 Å². The average molecular weight is 292 g/mol. The lowest BCUT2D eigenvalue weighted by Gasteiger charge is -2.23. The molecule has 1 aromatic rings. The highest BCUT2D eigenvalue weighted by Gasteiger charge is 2.16. The van der Waals surface area contributed by atoms with Crippen LogP contribution in [0.3, 0.4) is 0 Å². The van der Waals surface area contributed by atoms with Crippen LogP contribution in [0.2, 0.25) is 0 Å². The fourth-order valence-electron chi connectivity index (χ4n) is 1.93. The quantitative estimate of drug-likeness (QED) is 0.682. The fourth-order valence-corrected chi connectivity index (χ4v) is 1.93. The van der Waals surface area contributed by atoms with Crippen LogP contribution >= 0.6 is 0 Å². The summed E-state index contributed by atoms with van der Waals surface area (Å²) in [5.74, 6) is -0.303. The van der Waals surface area contributed by atoms with Crippen LogP contribution in [0, 0.1) is 0 Å². The topological polar surface area (TPSA) is 49.9 Å². The molecular formula is C16H24N2O3. The second kappa shape index (κ2) is 9.13. The van der Waals surface area contributed by atoms with Crippen LogP contribution in [0.25, 0.3) is 0 Å². The highest BCUT2D eigenvalue weighted by atomic mass is 16.5. The molecule has 0 bridgehead atoms. The molecule has 0 saturated carbocycles. The van der Waals surface area contributed by atoms with Crippen molar-refractivity contribution in [1.82, 2.24) is 9.80 Å². The number of carbonyl (C=O) groups is 2. The molecule has 21 heavy (non-hydrogen) atoms. The zero-order valence-electron chi connectivity index (χ0n) is 13.0. The highest BCUT2D eigenvalue weighted by molar-refractivity contribution is 5.79. The highest BCUT2D eigenvalue weighted by Crippen LogP contribution is 2.03. The molecule has 0 spiro atoms. The molecule has 1 aromatic carbocycles. The minimum Gasteiger partial charge on any atom is -0.465 e. The zero-order valence-corrected chi connectivity index (χ0v) is 13.0. The van der Waals surface area contributed by atoms with E-state index in [2.05, 4.69) is 0 Å². The van der Waals surface area contributed by atoms with Gasteiger partial charge in [-0.05, 0) is 19.0 Å². The minimum atomic E-state index is -0.294. The van der Waals surface area contributed by atoms with E-state index in [1.807, 2.05) is 37.3 Å². The molecule has 0 aliphatic heterocycles. The van der Waals surface area contributed by atoms with E-state index in [1.54, 1.807) is 23.8 Å². The number of benzene rings is 1. The first-order valence-corrected chi connectivity index (χ1v) is 7.22. The Kier molecular flexibility index (Phi) is 7.46. The van der Waals surface area contributed by atoms with Crippen LogP contribution in [0.4, 0.5) is 0 Å². The summed E-state index contributed by atoms with van der Waals surface area (Å²) in [6, 6.07) is 9.82. The van der Waals surface area contributed by atoms with Crippen LogP contribution in [0.15, 0.2) is 30.3 Å². The van der Waals surface area contributed by atoms with E-state index in [4.69, 9.17) is 4.74 Å². The van der Waals surface area contributed by atoms with Gasteiger partial charge in [0.2, 0.25) is 5.91 Å². The third-order valence-electron chi connectivity index (χ3n) is 3.15. The molecular weight excluding hydrogens is 268 g/mol. The Balaban J connectivity index is 2.47. The predicted octanol–water partition coefficient (Wildman–Crippen LogP) is 1.53. The molecule has 116 valence electrons. The maximum Gasteiger partial charge on any atom is 0.320 e. The summed E-state index contributed by atoms with van der Waals surface area (Å²) in [5.41, 5.74) is 1.08. The van der Waals surface area contributed by atoms with Gasteiger partial charge < -0.3 is 9.64 Å². The smallest absolute Gasteiger partial charge is 0.320 e. The largest absolute Gasteiger partial charge is 0.465 e. The maximum absolute atomic E-state index is 12.2. The SMILES string of the molecule is CCOC(=O)CN(CC)CC(=O)N(C)Cc1ccccc1. The van der Waals surface area contributed by atoms with E-state index in [-0.39, 0.29) is 25.0 Å². The van der Waals surface area contributed by atoms with Gasteiger partial charge in [0.05, 0.1) is 19.7 Å². The van der Waals surface area contributed by atoms with E-state index in [1.165, 1.54) is 0 Å². The molecule has 0 fully saturated rings. The molecule has 0 heterocycles. The molecule has 0 unspecified atom stereocenters. The summed E-state index contributed by atoms with van der Waals surface area (Å²) < 4.78 is 4.91. The van der Waals surface area contributed by atoms with Crippen molar-refractivity contribution in [3.63, 3.8) is 0 Å². The number of nitrogens with zero attached hydrogens (tertiary/aromatic N) is 2. The Morgan fingerprint density at radius 1 is 1.10 bits per heavy atom. The van der Waals surface area contributed by atoms with Gasteiger partial charge in [0.1, 0.15) is 0 Å². The van der Waals surface area contributed by atoms with E-state index in [9.17, 15) is 9.59 Å². The number of ether oxygens (including phenoxy) is 1. The van der Waals surface area contributed by atoms with Crippen molar-refractivity contribution in [3.8, 4) is 0 Å². The number of rotatable bonds is 8. The third-order valence-corrected chi connectivity index (χ3v) is 3.15. The van der Waals surface area contributed by atoms with Gasteiger partial charge in [-0.1, -0.05) is 37.3 Å². The number of amides is 1. The Labute approximate surface area is 126 Å². The van der Waals surface area contributed by atoms with E-state index >= 15 is 0 Å². The van der Waals surface area contributed by atoms with Gasteiger partial charge in [-0.25, -0.2) is 0 Å². The lowest BCUT2D eigenvalue weighted by atomic mass is 10.2. The van der Waals surface area contributed by atoms with Gasteiger partial charge in [0, 0.05) is 13.6 Å². The Morgan fingerprint density at radius 3 is 2.33 bits per heavy atom. The lowest BCUT2D eigenvalue weighted by Crippen LogP contribution is -2.40. The predicted molar refractivity (Wildman–Crippen MR) is 81.7 cm³/mol. The third kappa shape index (κ3) is 6.40. The zero-order chi connectivity index (χ0) is 15.7. The van der Waals surface area contributed by atoms with Gasteiger partial charge in [-0.2, -0.15) is 0 Å². The molecule has 0 aliphatic rings. The molecule has 1 amide bonds. The van der Waals surface area contributed by atoms with Crippen molar-refractivity contribution >= 4 is 11.9 Å². The molecule has 5 nitrogen and oxygen atoms in total. The fraction of sp³-hybridized carbons (Fsp3) is 0.500. The molecule has 1 rings (SSSR count). The molecule has 0 aliphatic carbocycles. The molecule has 0 atom stereocenters. The summed E-state index contributed by atoms with van der Waals surface area (Å²) in [6.45, 7) is 5.61. The van der Waals surface area contributed by atoms with Gasteiger partial charge >= 0.3 is 5.97 Å². The van der Waals surface area contributed by atoms with Crippen molar-refractivity contribution in [1.29, 1.82) is 0 Å². The first-order chi connectivity index (χ1) is 10.1. The van der Waals surface area contributed by atoms with Gasteiger partial charge in [-0.15, -0.1) is 0 Å². The van der Waals surface area contributed by atoms with Gasteiger partial charge in [-0.3, -0.25) is 14.5 Å². The maximum atomic E-state index is 12.2. The first-order valence-electron chi connectivity index (χ1n) is 7.22. The average Bonchev–Trinajstić information content (AvgIpc) is 2.47. The van der Waals surface area contributed by atoms with E-state index < -0.39 is 0 Å². The van der Waals surface area contributed by atoms with Crippen LogP contribution in [0.1, 0.15) is 19.4 Å². The monoisotopic (exact) mass is 292 g/mol. The van der Waals surface area contributed by atoms with Crippen molar-refractivity contribution < 1.29 is 14.3 Å². The molecule has 5 heteroatoms. The summed E-state index contributed by atoms with van der Waals surface area (Å²) in [4.78, 5) is 27.1. The molecule has 0 aromatic heterocycles. The number of esters is 1. The van der Waals surface area contributed by atoms with Crippen molar-refractivity contribution in [2.24, 2.45) is 0 Å². The Bertz CT molecular complexity index is 448. The number of hydrogen-bond donors (Lipinski definition) is 0. The molecule has 0 radical (unpaired) electrons. The van der Waals surface area contributed by atoms with Crippen LogP contribution < -0.4 is 0 Å². The van der Waals surface area contributed by atoms with Gasteiger partial charge in [0.25, 0.3) is 0 Å². The number of carbonyl (C=O) groups excluding carboxylic acids is 2. The normalized spacial score (nSPS) is 10.5. The van der Waals surface area contributed by atoms with Crippen LogP contribution in [-0.2, 0) is 20.9 Å². The summed E-state index contributed by atoms with van der Waals surface area (Å²) >= 11 is 0. The second-order valence-electron chi connectivity index (χ2n) is 4.84. The van der Waals surface area contributed by atoms with E-state index in [0.717, 1.165) is 5.56 Å². The van der Waals surface area contributed by atoms with Crippen LogP contribution in [-0.4, -0.2) is 55.0 Å². The minimum absolute atomic E-state index is 0.00926. The summed E-state index contributed by atoms with van der Waals surface area (Å²) in [5, 5.41) is 0. The standard InChI is InChI=1S/C16H24N2O3/c1-4-18(13-16(20)21-5-2)12-15(19)17(3)11-14-9-7-6-8-10-14/h6-10H,4-5,11-13H2,1-3H3. The summed E-state index contributed by atoms with van der Waals surface area (Å²) in [6.07, 6.45) is 0. The van der Waals surface area contributed by atoms with E-state index in [0.29, 0.717) is 19.7 Å². The Hall–Kier alpha value is -1.88. The number of hydrogen-bond acceptors (Lipinski definition) is 4. The molecule has 0 N–H and O–H groups in total. The summed E-state index contributed by atoms with van der Waals surface area (Å²) in [7, 11) is 1.77. The first kappa shape index (κ1) is 17.2. The van der Waals surface area contributed by atoms with Gasteiger partial charge in [0.15, 0.2) is 0 Å². The molecule has 0 saturated heterocycles. The number of likely N-dealkylation sites (N-methyl/N-ethyl adjacent to an activating group) is 2. The van der Waals surface area contributed by atoms with Crippen molar-refractivity contribution in [3.05, 3.63) is 35.9 Å². The Morgan fingerprint density at radius 2 is 1.76 bits per heavy atom. The van der Waals surface area contributed by atoms with Crippen molar-refractivity contribution in [2.45, 2.75) is 20.4 Å². The second-order valence-corrected chi connectivity index (χ2v) is 4.84. The lowest BCUT2D eigenvalue weighted by molar-refractivity contribution is -0.145.